The minimum Gasteiger partial charge on any atom is -0.382 e. The van der Waals surface area contributed by atoms with Crippen molar-refractivity contribution < 1.29 is 9.53 Å². The smallest absolute Gasteiger partial charge is 0.243 e. The van der Waals surface area contributed by atoms with Crippen molar-refractivity contribution in [1.82, 2.24) is 15.1 Å². The highest BCUT2D eigenvalue weighted by Gasteiger charge is 2.25. The number of amides is 1. The van der Waals surface area contributed by atoms with Gasteiger partial charge in [0.2, 0.25) is 5.91 Å². The normalized spacial score (nSPS) is 18.3. The average molecular weight is 341 g/mol. The lowest BCUT2D eigenvalue weighted by Crippen LogP contribution is -2.41. The zero-order valence-corrected chi connectivity index (χ0v) is 16.2. The number of guanidine groups is 1. The van der Waals surface area contributed by atoms with Gasteiger partial charge in [-0.05, 0) is 38.0 Å². The van der Waals surface area contributed by atoms with Crippen LogP contribution in [0.15, 0.2) is 4.99 Å². The molecule has 1 aliphatic heterocycles. The highest BCUT2D eigenvalue weighted by Crippen LogP contribution is 2.23. The second-order valence-electron chi connectivity index (χ2n) is 7.14. The Bertz CT molecular complexity index is 396. The third kappa shape index (κ3) is 7.99. The molecular formula is C18H36N4O2. The van der Waals surface area contributed by atoms with Crippen molar-refractivity contribution in [2.45, 2.75) is 40.0 Å². The molecule has 6 heteroatoms. The lowest BCUT2D eigenvalue weighted by atomic mass is 9.97. The summed E-state index contributed by atoms with van der Waals surface area (Å²) < 4.78 is 5.38. The van der Waals surface area contributed by atoms with Crippen LogP contribution in [-0.4, -0.2) is 75.2 Å². The number of rotatable bonds is 9. The maximum atomic E-state index is 11.8. The zero-order valence-electron chi connectivity index (χ0n) is 16.2. The third-order valence-corrected chi connectivity index (χ3v) is 4.21. The van der Waals surface area contributed by atoms with Gasteiger partial charge in [0.15, 0.2) is 5.96 Å². The molecule has 1 unspecified atom stereocenters. The maximum absolute atomic E-state index is 11.8. The lowest BCUT2D eigenvalue weighted by molar-refractivity contribution is -0.127. The Morgan fingerprint density at radius 3 is 2.79 bits per heavy atom. The van der Waals surface area contributed by atoms with Crippen LogP contribution < -0.4 is 5.32 Å². The SMILES string of the molecule is CCOCCCNC(=NCC(=O)N(C)C)N1CCC(CC(C)C)C1. The molecule has 1 amide bonds. The van der Waals surface area contributed by atoms with Crippen molar-refractivity contribution >= 4 is 11.9 Å². The van der Waals surface area contributed by atoms with Gasteiger partial charge in [-0.15, -0.1) is 0 Å². The van der Waals surface area contributed by atoms with E-state index in [-0.39, 0.29) is 12.5 Å². The van der Waals surface area contributed by atoms with Gasteiger partial charge in [-0.1, -0.05) is 13.8 Å². The topological polar surface area (TPSA) is 57.2 Å². The molecule has 0 saturated carbocycles. The van der Waals surface area contributed by atoms with E-state index in [0.29, 0.717) is 0 Å². The summed E-state index contributed by atoms with van der Waals surface area (Å²) in [6, 6.07) is 0. The number of hydrogen-bond donors (Lipinski definition) is 1. The highest BCUT2D eigenvalue weighted by atomic mass is 16.5. The second-order valence-corrected chi connectivity index (χ2v) is 7.14. The minimum atomic E-state index is 0.0292. The number of carbonyl (C=O) groups is 1. The largest absolute Gasteiger partial charge is 0.382 e. The van der Waals surface area contributed by atoms with E-state index >= 15 is 0 Å². The molecule has 1 heterocycles. The standard InChI is InChI=1S/C18H36N4O2/c1-6-24-11-7-9-19-18(20-13-17(23)21(4)5)22-10-8-16(14-22)12-15(2)3/h15-16H,6-14H2,1-5H3,(H,19,20). The molecule has 6 nitrogen and oxygen atoms in total. The first-order chi connectivity index (χ1) is 11.4. The first-order valence-electron chi connectivity index (χ1n) is 9.25. The fraction of sp³-hybridized carbons (Fsp3) is 0.889. The molecule has 1 rings (SSSR count). The summed E-state index contributed by atoms with van der Waals surface area (Å²) in [6.07, 6.45) is 3.40. The molecule has 0 aromatic heterocycles. The van der Waals surface area contributed by atoms with E-state index in [2.05, 4.69) is 29.1 Å². The van der Waals surface area contributed by atoms with E-state index in [1.54, 1.807) is 19.0 Å². The number of likely N-dealkylation sites (tertiary alicyclic amines) is 1. The molecular weight excluding hydrogens is 304 g/mol. The Morgan fingerprint density at radius 1 is 1.42 bits per heavy atom. The summed E-state index contributed by atoms with van der Waals surface area (Å²) in [5.74, 6) is 2.35. The van der Waals surface area contributed by atoms with Gasteiger partial charge in [-0.25, -0.2) is 4.99 Å². The highest BCUT2D eigenvalue weighted by molar-refractivity contribution is 5.85. The Hall–Kier alpha value is -1.30. The minimum absolute atomic E-state index is 0.0292. The van der Waals surface area contributed by atoms with Crippen LogP contribution in [0.4, 0.5) is 0 Å². The predicted octanol–water partition coefficient (Wildman–Crippen LogP) is 1.81. The van der Waals surface area contributed by atoms with Crippen molar-refractivity contribution in [3.05, 3.63) is 0 Å². The fourth-order valence-corrected chi connectivity index (χ4v) is 2.95. The molecule has 1 N–H and O–H groups in total. The molecule has 0 aliphatic carbocycles. The predicted molar refractivity (Wildman–Crippen MR) is 99.2 cm³/mol. The van der Waals surface area contributed by atoms with Crippen LogP contribution in [0.3, 0.4) is 0 Å². The molecule has 24 heavy (non-hydrogen) atoms. The lowest BCUT2D eigenvalue weighted by Gasteiger charge is -2.23. The molecule has 1 atom stereocenters. The van der Waals surface area contributed by atoms with Crippen molar-refractivity contribution in [1.29, 1.82) is 0 Å². The Balaban J connectivity index is 2.56. The molecule has 0 aromatic rings. The van der Waals surface area contributed by atoms with Gasteiger partial charge >= 0.3 is 0 Å². The summed E-state index contributed by atoms with van der Waals surface area (Å²) in [5, 5.41) is 3.41. The monoisotopic (exact) mass is 340 g/mol. The second kappa shape index (κ2) is 11.3. The number of hydrogen-bond acceptors (Lipinski definition) is 3. The first-order valence-corrected chi connectivity index (χ1v) is 9.25. The van der Waals surface area contributed by atoms with Gasteiger partial charge in [-0.3, -0.25) is 4.79 Å². The van der Waals surface area contributed by atoms with Crippen molar-refractivity contribution in [2.75, 3.05) is 53.5 Å². The summed E-state index contributed by atoms with van der Waals surface area (Å²) >= 11 is 0. The van der Waals surface area contributed by atoms with E-state index in [1.807, 2.05) is 6.92 Å². The zero-order chi connectivity index (χ0) is 17.9. The van der Waals surface area contributed by atoms with Crippen molar-refractivity contribution in [3.8, 4) is 0 Å². The van der Waals surface area contributed by atoms with Gasteiger partial charge in [0.25, 0.3) is 0 Å². The van der Waals surface area contributed by atoms with E-state index in [9.17, 15) is 4.79 Å². The number of carbonyl (C=O) groups excluding carboxylic acids is 1. The Kier molecular flexibility index (Phi) is 9.76. The molecule has 0 spiro atoms. The quantitative estimate of drug-likeness (QED) is 0.395. The molecule has 1 aliphatic rings. The molecule has 0 bridgehead atoms. The molecule has 1 fully saturated rings. The summed E-state index contributed by atoms with van der Waals surface area (Å²) in [6.45, 7) is 11.1. The maximum Gasteiger partial charge on any atom is 0.243 e. The van der Waals surface area contributed by atoms with Crippen LogP contribution in [0, 0.1) is 11.8 Å². The molecule has 0 aromatic carbocycles. The van der Waals surface area contributed by atoms with Gasteiger partial charge < -0.3 is 19.9 Å². The number of nitrogens with zero attached hydrogens (tertiary/aromatic N) is 3. The van der Waals surface area contributed by atoms with Crippen LogP contribution in [-0.2, 0) is 9.53 Å². The van der Waals surface area contributed by atoms with Crippen molar-refractivity contribution in [3.63, 3.8) is 0 Å². The number of aliphatic imine (C=N–C) groups is 1. The molecule has 1 saturated heterocycles. The van der Waals surface area contributed by atoms with Gasteiger partial charge in [0.05, 0.1) is 0 Å². The fourth-order valence-electron chi connectivity index (χ4n) is 2.95. The Morgan fingerprint density at radius 2 is 2.17 bits per heavy atom. The number of likely N-dealkylation sites (N-methyl/N-ethyl adjacent to an activating group) is 1. The van der Waals surface area contributed by atoms with Crippen LogP contribution in [0.25, 0.3) is 0 Å². The van der Waals surface area contributed by atoms with Gasteiger partial charge in [-0.2, -0.15) is 0 Å². The third-order valence-electron chi connectivity index (χ3n) is 4.21. The van der Waals surface area contributed by atoms with E-state index < -0.39 is 0 Å². The van der Waals surface area contributed by atoms with E-state index in [4.69, 9.17) is 4.74 Å². The van der Waals surface area contributed by atoms with Crippen LogP contribution in [0.1, 0.15) is 40.0 Å². The average Bonchev–Trinajstić information content (AvgIpc) is 2.97. The van der Waals surface area contributed by atoms with Gasteiger partial charge in [0, 0.05) is 46.9 Å². The van der Waals surface area contributed by atoms with Crippen LogP contribution in [0.2, 0.25) is 0 Å². The van der Waals surface area contributed by atoms with Crippen LogP contribution in [0.5, 0.6) is 0 Å². The molecule has 140 valence electrons. The molecule has 0 radical (unpaired) electrons. The summed E-state index contributed by atoms with van der Waals surface area (Å²) in [7, 11) is 3.53. The summed E-state index contributed by atoms with van der Waals surface area (Å²) in [4.78, 5) is 20.3. The van der Waals surface area contributed by atoms with Crippen molar-refractivity contribution in [2.24, 2.45) is 16.8 Å². The number of nitrogens with one attached hydrogen (secondary N) is 1. The van der Waals surface area contributed by atoms with Crippen LogP contribution >= 0.6 is 0 Å². The van der Waals surface area contributed by atoms with E-state index in [1.165, 1.54) is 12.8 Å². The summed E-state index contributed by atoms with van der Waals surface area (Å²) in [5.41, 5.74) is 0. The van der Waals surface area contributed by atoms with E-state index in [0.717, 1.165) is 57.1 Å². The Labute approximate surface area is 147 Å². The first kappa shape index (κ1) is 20.7. The number of ether oxygens (including phenoxy) is 1. The van der Waals surface area contributed by atoms with Gasteiger partial charge in [0.1, 0.15) is 6.54 Å².